The number of nitrogens with one attached hydrogen (secondary N) is 1. The molecule has 1 aromatic carbocycles. The van der Waals surface area contributed by atoms with Gasteiger partial charge in [0.25, 0.3) is 11.9 Å². The molecule has 18 heavy (non-hydrogen) atoms. The minimum absolute atomic E-state index is 0.179. The van der Waals surface area contributed by atoms with Gasteiger partial charge in [0, 0.05) is 10.6 Å². The number of benzene rings is 1. The maximum absolute atomic E-state index is 11.9. The first-order chi connectivity index (χ1) is 8.60. The van der Waals surface area contributed by atoms with Gasteiger partial charge >= 0.3 is 0 Å². The first-order valence-electron chi connectivity index (χ1n) is 5.45. The largest absolute Gasteiger partial charge is 0.288 e. The Morgan fingerprint density at radius 1 is 1.50 bits per heavy atom. The fraction of sp³-hybridized carbons (Fsp3) is 0.273. The molecule has 0 saturated carbocycles. The molecule has 94 valence electrons. The van der Waals surface area contributed by atoms with E-state index in [9.17, 15) is 4.79 Å². The van der Waals surface area contributed by atoms with E-state index < -0.39 is 0 Å². The number of rotatable bonds is 3. The number of amides is 1. The zero-order chi connectivity index (χ0) is 13.1. The lowest BCUT2D eigenvalue weighted by atomic mass is 10.1. The Labute approximate surface area is 109 Å². The molecule has 0 fully saturated rings. The molecule has 1 N–H and O–H groups in total. The van der Waals surface area contributed by atoms with Gasteiger partial charge in [-0.05, 0) is 36.8 Å². The van der Waals surface area contributed by atoms with Crippen molar-refractivity contribution in [3.8, 4) is 0 Å². The highest BCUT2D eigenvalue weighted by molar-refractivity contribution is 6.31. The summed E-state index contributed by atoms with van der Waals surface area (Å²) in [6, 6.07) is 5.09. The van der Waals surface area contributed by atoms with Gasteiger partial charge in [-0.3, -0.25) is 10.1 Å². The predicted molar refractivity (Wildman–Crippen MR) is 67.6 cm³/mol. The molecule has 0 radical (unpaired) electrons. The number of hydrogen-bond acceptors (Lipinski definition) is 4. The zero-order valence-electron chi connectivity index (χ0n) is 10.0. The van der Waals surface area contributed by atoms with E-state index in [1.54, 1.807) is 18.2 Å². The molecule has 0 atom stereocenters. The van der Waals surface area contributed by atoms with Crippen molar-refractivity contribution in [2.75, 3.05) is 5.32 Å². The molecular weight excluding hydrogens is 254 g/mol. The van der Waals surface area contributed by atoms with E-state index >= 15 is 0 Å². The van der Waals surface area contributed by atoms with E-state index in [1.165, 1.54) is 4.80 Å². The second-order valence-electron chi connectivity index (χ2n) is 3.72. The molecule has 2 aromatic rings. The molecule has 2 rings (SSSR count). The first-order valence-corrected chi connectivity index (χ1v) is 5.83. The second kappa shape index (κ2) is 5.14. The summed E-state index contributed by atoms with van der Waals surface area (Å²) < 4.78 is 0. The third-order valence-electron chi connectivity index (χ3n) is 2.40. The molecule has 0 aliphatic heterocycles. The minimum Gasteiger partial charge on any atom is -0.288 e. The third kappa shape index (κ3) is 2.65. The number of aryl methyl sites for hydroxylation is 2. The average Bonchev–Trinajstić information content (AvgIpc) is 2.80. The monoisotopic (exact) mass is 265 g/mol. The lowest BCUT2D eigenvalue weighted by Crippen LogP contribution is -2.13. The number of halogens is 1. The number of hydrogen-bond donors (Lipinski definition) is 1. The number of anilines is 1. The van der Waals surface area contributed by atoms with Gasteiger partial charge in [-0.25, -0.2) is 0 Å². The van der Waals surface area contributed by atoms with Crippen LogP contribution in [0.5, 0.6) is 0 Å². The molecule has 0 spiro atoms. The van der Waals surface area contributed by atoms with Crippen molar-refractivity contribution < 1.29 is 4.79 Å². The van der Waals surface area contributed by atoms with Crippen LogP contribution in [0.3, 0.4) is 0 Å². The van der Waals surface area contributed by atoms with Crippen LogP contribution in [0.1, 0.15) is 22.8 Å². The Bertz CT molecular complexity index is 581. The summed E-state index contributed by atoms with van der Waals surface area (Å²) >= 11 is 5.96. The highest BCUT2D eigenvalue weighted by Gasteiger charge is 2.10. The van der Waals surface area contributed by atoms with Crippen molar-refractivity contribution in [3.63, 3.8) is 0 Å². The Kier molecular flexibility index (Phi) is 3.57. The molecular formula is C11H12ClN5O. The lowest BCUT2D eigenvalue weighted by molar-refractivity contribution is 0.102. The molecule has 1 heterocycles. The number of aromatic nitrogens is 4. The van der Waals surface area contributed by atoms with Gasteiger partial charge in [0.05, 0.1) is 6.54 Å². The van der Waals surface area contributed by atoms with Crippen molar-refractivity contribution in [2.45, 2.75) is 20.4 Å². The van der Waals surface area contributed by atoms with E-state index in [2.05, 4.69) is 20.7 Å². The fourth-order valence-corrected chi connectivity index (χ4v) is 1.52. The number of tetrazole rings is 1. The molecule has 0 unspecified atom stereocenters. The Hall–Kier alpha value is -1.95. The fourth-order valence-electron chi connectivity index (χ4n) is 1.34. The molecule has 7 heteroatoms. The van der Waals surface area contributed by atoms with Crippen molar-refractivity contribution >= 4 is 23.5 Å². The van der Waals surface area contributed by atoms with Crippen LogP contribution in [0.25, 0.3) is 0 Å². The summed E-state index contributed by atoms with van der Waals surface area (Å²) in [5.74, 6) is -0.133. The van der Waals surface area contributed by atoms with E-state index in [0.29, 0.717) is 17.1 Å². The van der Waals surface area contributed by atoms with Crippen LogP contribution in [-0.4, -0.2) is 26.1 Å². The van der Waals surface area contributed by atoms with Crippen LogP contribution in [-0.2, 0) is 6.54 Å². The summed E-state index contributed by atoms with van der Waals surface area (Å²) in [6.07, 6.45) is 0. The van der Waals surface area contributed by atoms with E-state index in [4.69, 9.17) is 11.6 Å². The molecule has 0 saturated heterocycles. The van der Waals surface area contributed by atoms with Gasteiger partial charge in [-0.15, -0.1) is 5.10 Å². The van der Waals surface area contributed by atoms with Gasteiger partial charge in [0.2, 0.25) is 0 Å². The Morgan fingerprint density at radius 3 is 2.89 bits per heavy atom. The first kappa shape index (κ1) is 12.5. The van der Waals surface area contributed by atoms with Crippen molar-refractivity contribution in [1.29, 1.82) is 0 Å². The van der Waals surface area contributed by atoms with Crippen LogP contribution in [0.4, 0.5) is 5.95 Å². The van der Waals surface area contributed by atoms with Crippen LogP contribution < -0.4 is 5.32 Å². The predicted octanol–water partition coefficient (Wildman–Crippen LogP) is 1.91. The van der Waals surface area contributed by atoms with E-state index in [-0.39, 0.29) is 11.9 Å². The third-order valence-corrected chi connectivity index (χ3v) is 2.80. The van der Waals surface area contributed by atoms with Crippen molar-refractivity contribution in [3.05, 3.63) is 34.3 Å². The number of carbonyl (C=O) groups is 1. The normalized spacial score (nSPS) is 10.4. The minimum atomic E-state index is -0.312. The molecule has 0 bridgehead atoms. The summed E-state index contributed by atoms with van der Waals surface area (Å²) in [5.41, 5.74) is 1.38. The van der Waals surface area contributed by atoms with E-state index in [1.807, 2.05) is 13.8 Å². The average molecular weight is 266 g/mol. The maximum atomic E-state index is 11.9. The maximum Gasteiger partial charge on any atom is 0.270 e. The van der Waals surface area contributed by atoms with Gasteiger partial charge in [-0.1, -0.05) is 22.8 Å². The topological polar surface area (TPSA) is 72.7 Å². The van der Waals surface area contributed by atoms with Gasteiger partial charge in [0.1, 0.15) is 0 Å². The lowest BCUT2D eigenvalue weighted by Gasteiger charge is -2.03. The standard InChI is InChI=1S/C11H12ClN5O/c1-3-17-15-11(14-16-17)13-10(18)8-5-4-7(2)9(12)6-8/h4-6H,3H2,1-2H3,(H,13,15,18). The van der Waals surface area contributed by atoms with Gasteiger partial charge < -0.3 is 0 Å². The number of nitrogens with zero attached hydrogens (tertiary/aromatic N) is 4. The highest BCUT2D eigenvalue weighted by Crippen LogP contribution is 2.17. The van der Waals surface area contributed by atoms with Gasteiger partial charge in [0.15, 0.2) is 0 Å². The summed E-state index contributed by atoms with van der Waals surface area (Å²) in [6.45, 7) is 4.35. The van der Waals surface area contributed by atoms with Crippen LogP contribution in [0.15, 0.2) is 18.2 Å². The summed E-state index contributed by atoms with van der Waals surface area (Å²) in [5, 5.41) is 14.5. The SMILES string of the molecule is CCn1nnc(NC(=O)c2ccc(C)c(Cl)c2)n1. The molecule has 0 aliphatic rings. The van der Waals surface area contributed by atoms with Crippen LogP contribution in [0, 0.1) is 6.92 Å². The van der Waals surface area contributed by atoms with Gasteiger partial charge in [-0.2, -0.15) is 4.80 Å². The zero-order valence-corrected chi connectivity index (χ0v) is 10.8. The molecule has 1 aromatic heterocycles. The van der Waals surface area contributed by atoms with Crippen LogP contribution >= 0.6 is 11.6 Å². The van der Waals surface area contributed by atoms with Crippen molar-refractivity contribution in [2.24, 2.45) is 0 Å². The number of carbonyl (C=O) groups excluding carboxylic acids is 1. The smallest absolute Gasteiger partial charge is 0.270 e. The van der Waals surface area contributed by atoms with E-state index in [0.717, 1.165) is 5.56 Å². The quantitative estimate of drug-likeness (QED) is 0.920. The van der Waals surface area contributed by atoms with Crippen molar-refractivity contribution in [1.82, 2.24) is 20.2 Å². The summed E-state index contributed by atoms with van der Waals surface area (Å²) in [4.78, 5) is 13.3. The van der Waals surface area contributed by atoms with Crippen LogP contribution in [0.2, 0.25) is 5.02 Å². The Balaban J connectivity index is 2.14. The second-order valence-corrected chi connectivity index (χ2v) is 4.13. The molecule has 6 nitrogen and oxygen atoms in total. The molecule has 0 aliphatic carbocycles. The molecule has 1 amide bonds. The Morgan fingerprint density at radius 2 is 2.28 bits per heavy atom. The summed E-state index contributed by atoms with van der Waals surface area (Å²) in [7, 11) is 0. The highest BCUT2D eigenvalue weighted by atomic mass is 35.5.